The van der Waals surface area contributed by atoms with Gasteiger partial charge >= 0.3 is 0 Å². The third kappa shape index (κ3) is 4.89. The first kappa shape index (κ1) is 16.0. The van der Waals surface area contributed by atoms with Gasteiger partial charge in [0.15, 0.2) is 0 Å². The van der Waals surface area contributed by atoms with Gasteiger partial charge in [-0.3, -0.25) is 0 Å². The molecule has 0 spiro atoms. The molecule has 0 aromatic carbocycles. The molecule has 0 radical (unpaired) electrons. The van der Waals surface area contributed by atoms with Crippen molar-refractivity contribution in [1.82, 2.24) is 10.2 Å². The van der Waals surface area contributed by atoms with E-state index in [1.165, 1.54) is 45.2 Å². The van der Waals surface area contributed by atoms with Gasteiger partial charge in [0.1, 0.15) is 0 Å². The van der Waals surface area contributed by atoms with Gasteiger partial charge < -0.3 is 10.2 Å². The highest BCUT2D eigenvalue weighted by atomic mass is 15.2. The molecule has 1 N–H and O–H groups in total. The highest BCUT2D eigenvalue weighted by molar-refractivity contribution is 4.84. The maximum atomic E-state index is 3.74. The van der Waals surface area contributed by atoms with Gasteiger partial charge in [0.2, 0.25) is 0 Å². The van der Waals surface area contributed by atoms with Gasteiger partial charge in [-0.2, -0.15) is 0 Å². The number of rotatable bonds is 7. The zero-order valence-electron chi connectivity index (χ0n) is 13.3. The average molecular weight is 254 g/mol. The molecule has 2 nitrogen and oxygen atoms in total. The Morgan fingerprint density at radius 1 is 1.28 bits per heavy atom. The number of nitrogens with one attached hydrogen (secondary N) is 1. The Bertz CT molecular complexity index is 220. The second-order valence-electron chi connectivity index (χ2n) is 6.90. The smallest absolute Gasteiger partial charge is 0.0128 e. The van der Waals surface area contributed by atoms with Crippen LogP contribution in [0.2, 0.25) is 0 Å². The lowest BCUT2D eigenvalue weighted by Gasteiger charge is -2.34. The molecule has 1 heterocycles. The molecule has 0 aromatic rings. The predicted octanol–water partition coefficient (Wildman–Crippen LogP) is 3.67. The Morgan fingerprint density at radius 3 is 2.56 bits per heavy atom. The molecule has 0 aliphatic carbocycles. The van der Waals surface area contributed by atoms with E-state index in [0.29, 0.717) is 11.5 Å². The van der Waals surface area contributed by atoms with Crippen molar-refractivity contribution in [1.29, 1.82) is 0 Å². The normalized spacial score (nSPS) is 23.5. The Balaban J connectivity index is 2.41. The first-order valence-electron chi connectivity index (χ1n) is 7.96. The van der Waals surface area contributed by atoms with E-state index in [2.05, 4.69) is 44.8 Å². The van der Waals surface area contributed by atoms with Crippen molar-refractivity contribution in [2.45, 2.75) is 78.8 Å². The summed E-state index contributed by atoms with van der Waals surface area (Å²) >= 11 is 0. The van der Waals surface area contributed by atoms with E-state index in [4.69, 9.17) is 0 Å². The van der Waals surface area contributed by atoms with E-state index in [0.717, 1.165) is 12.6 Å². The summed E-state index contributed by atoms with van der Waals surface area (Å²) in [6, 6.07) is 1.51. The van der Waals surface area contributed by atoms with E-state index in [1.54, 1.807) is 0 Å². The van der Waals surface area contributed by atoms with E-state index in [1.807, 2.05) is 0 Å². The summed E-state index contributed by atoms with van der Waals surface area (Å²) in [4.78, 5) is 2.71. The molecule has 2 heteroatoms. The highest BCUT2D eigenvalue weighted by Crippen LogP contribution is 2.25. The zero-order valence-corrected chi connectivity index (χ0v) is 13.3. The van der Waals surface area contributed by atoms with Crippen LogP contribution in [0.4, 0.5) is 0 Å². The molecule has 108 valence electrons. The SMILES string of the molecule is CCCNC(CCN1CCCC1CC)C(C)(C)C. The Labute approximate surface area is 115 Å². The Kier molecular flexibility index (Phi) is 6.65. The van der Waals surface area contributed by atoms with Crippen LogP contribution >= 0.6 is 0 Å². The fourth-order valence-corrected chi connectivity index (χ4v) is 3.11. The van der Waals surface area contributed by atoms with E-state index in [9.17, 15) is 0 Å². The fourth-order valence-electron chi connectivity index (χ4n) is 3.11. The molecule has 0 saturated carbocycles. The second kappa shape index (κ2) is 7.49. The molecule has 1 aliphatic rings. The molecular weight excluding hydrogens is 220 g/mol. The van der Waals surface area contributed by atoms with Gasteiger partial charge in [-0.15, -0.1) is 0 Å². The van der Waals surface area contributed by atoms with Crippen LogP contribution in [0.3, 0.4) is 0 Å². The molecule has 0 amide bonds. The zero-order chi connectivity index (χ0) is 13.6. The van der Waals surface area contributed by atoms with Crippen molar-refractivity contribution in [2.75, 3.05) is 19.6 Å². The predicted molar refractivity (Wildman–Crippen MR) is 81.0 cm³/mol. The fraction of sp³-hybridized carbons (Fsp3) is 1.00. The van der Waals surface area contributed by atoms with E-state index in [-0.39, 0.29) is 0 Å². The largest absolute Gasteiger partial charge is 0.313 e. The lowest BCUT2D eigenvalue weighted by molar-refractivity contribution is 0.192. The number of likely N-dealkylation sites (tertiary alicyclic amines) is 1. The standard InChI is InChI=1S/C16H34N2/c1-6-11-17-15(16(3,4)5)10-13-18-12-8-9-14(18)7-2/h14-15,17H,6-13H2,1-5H3. The first-order chi connectivity index (χ1) is 8.49. The monoisotopic (exact) mass is 254 g/mol. The molecule has 1 aliphatic heterocycles. The Morgan fingerprint density at radius 2 is 2.00 bits per heavy atom. The molecule has 0 bridgehead atoms. The molecule has 2 atom stereocenters. The molecule has 18 heavy (non-hydrogen) atoms. The third-order valence-corrected chi connectivity index (χ3v) is 4.36. The van der Waals surface area contributed by atoms with Crippen molar-refractivity contribution in [3.63, 3.8) is 0 Å². The van der Waals surface area contributed by atoms with Crippen LogP contribution in [0.25, 0.3) is 0 Å². The maximum absolute atomic E-state index is 3.74. The topological polar surface area (TPSA) is 15.3 Å². The van der Waals surface area contributed by atoms with Crippen LogP contribution in [-0.2, 0) is 0 Å². The van der Waals surface area contributed by atoms with Gasteiger partial charge in [-0.1, -0.05) is 34.6 Å². The summed E-state index contributed by atoms with van der Waals surface area (Å²) in [6.07, 6.45) is 6.66. The molecular formula is C16H34N2. The molecule has 2 unspecified atom stereocenters. The lowest BCUT2D eigenvalue weighted by atomic mass is 9.84. The van der Waals surface area contributed by atoms with Crippen LogP contribution in [0.15, 0.2) is 0 Å². The van der Waals surface area contributed by atoms with Gasteiger partial charge in [-0.25, -0.2) is 0 Å². The summed E-state index contributed by atoms with van der Waals surface area (Å²) < 4.78 is 0. The molecule has 0 aromatic heterocycles. The second-order valence-corrected chi connectivity index (χ2v) is 6.90. The molecule has 1 fully saturated rings. The summed E-state index contributed by atoms with van der Waals surface area (Å²) in [5.74, 6) is 0. The maximum Gasteiger partial charge on any atom is 0.0128 e. The molecule has 1 rings (SSSR count). The van der Waals surface area contributed by atoms with Gasteiger partial charge in [-0.05, 0) is 57.2 Å². The van der Waals surface area contributed by atoms with Crippen molar-refractivity contribution in [3.8, 4) is 0 Å². The highest BCUT2D eigenvalue weighted by Gasteiger charge is 2.27. The summed E-state index contributed by atoms with van der Waals surface area (Å²) in [5, 5.41) is 3.74. The average Bonchev–Trinajstić information content (AvgIpc) is 2.74. The third-order valence-electron chi connectivity index (χ3n) is 4.36. The van der Waals surface area contributed by atoms with Crippen molar-refractivity contribution < 1.29 is 0 Å². The lowest BCUT2D eigenvalue weighted by Crippen LogP contribution is -2.43. The number of hydrogen-bond donors (Lipinski definition) is 1. The summed E-state index contributed by atoms with van der Waals surface area (Å²) in [7, 11) is 0. The van der Waals surface area contributed by atoms with Crippen LogP contribution in [0.5, 0.6) is 0 Å². The van der Waals surface area contributed by atoms with Crippen molar-refractivity contribution in [3.05, 3.63) is 0 Å². The quantitative estimate of drug-likeness (QED) is 0.746. The van der Waals surface area contributed by atoms with Crippen molar-refractivity contribution >= 4 is 0 Å². The Hall–Kier alpha value is -0.0800. The minimum atomic E-state index is 0.372. The summed E-state index contributed by atoms with van der Waals surface area (Å²) in [5.41, 5.74) is 0.372. The van der Waals surface area contributed by atoms with E-state index < -0.39 is 0 Å². The van der Waals surface area contributed by atoms with Crippen molar-refractivity contribution in [2.24, 2.45) is 5.41 Å². The minimum absolute atomic E-state index is 0.372. The first-order valence-corrected chi connectivity index (χ1v) is 7.96. The van der Waals surface area contributed by atoms with Crippen LogP contribution in [0.1, 0.15) is 66.7 Å². The van der Waals surface area contributed by atoms with E-state index >= 15 is 0 Å². The number of hydrogen-bond acceptors (Lipinski definition) is 2. The van der Waals surface area contributed by atoms with Gasteiger partial charge in [0.05, 0.1) is 0 Å². The number of nitrogens with zero attached hydrogens (tertiary/aromatic N) is 1. The molecule has 1 saturated heterocycles. The van der Waals surface area contributed by atoms with Gasteiger partial charge in [0.25, 0.3) is 0 Å². The van der Waals surface area contributed by atoms with Crippen LogP contribution in [-0.4, -0.2) is 36.6 Å². The summed E-state index contributed by atoms with van der Waals surface area (Å²) in [6.45, 7) is 15.4. The minimum Gasteiger partial charge on any atom is -0.313 e. The van der Waals surface area contributed by atoms with Crippen LogP contribution in [0, 0.1) is 5.41 Å². The van der Waals surface area contributed by atoms with Gasteiger partial charge in [0, 0.05) is 12.1 Å². The van der Waals surface area contributed by atoms with Crippen LogP contribution < -0.4 is 5.32 Å².